The lowest BCUT2D eigenvalue weighted by Gasteiger charge is -2.02. The van der Waals surface area contributed by atoms with Crippen molar-refractivity contribution in [2.24, 2.45) is 0 Å². The van der Waals surface area contributed by atoms with Crippen LogP contribution in [0.5, 0.6) is 0 Å². The zero-order chi connectivity index (χ0) is 8.43. The van der Waals surface area contributed by atoms with Crippen LogP contribution in [-0.4, -0.2) is 12.9 Å². The molecule has 0 fully saturated rings. The van der Waals surface area contributed by atoms with Crippen molar-refractivity contribution in [2.45, 2.75) is 12.9 Å². The van der Waals surface area contributed by atoms with Crippen molar-refractivity contribution in [1.29, 1.82) is 0 Å². The maximum absolute atomic E-state index is 11.8. The van der Waals surface area contributed by atoms with Crippen LogP contribution in [0.3, 0.4) is 0 Å². The largest absolute Gasteiger partial charge is 0.280 e. The van der Waals surface area contributed by atoms with Crippen molar-refractivity contribution >= 4 is 0 Å². The smallest absolute Gasteiger partial charge is 0.245 e. The Bertz CT molecular complexity index is 207. The molecule has 1 heterocycles. The molecule has 0 N–H and O–H groups in total. The third kappa shape index (κ3) is 1.53. The first-order valence-corrected chi connectivity index (χ1v) is 2.72. The molecular formula is C6H3F4N. The molecule has 1 aliphatic heterocycles. The Morgan fingerprint density at radius 2 is 1.82 bits per heavy atom. The molecule has 0 bridgehead atoms. The van der Waals surface area contributed by atoms with Gasteiger partial charge in [-0.3, -0.25) is 0 Å². The molecule has 0 spiro atoms. The first kappa shape index (κ1) is 8.10. The SMILES string of the molecule is FC(F)C1=C(C(F)F)[N][C]=C1. The first-order chi connectivity index (χ1) is 5.13. The number of nitrogens with zero attached hydrogens (tertiary/aromatic N) is 1. The van der Waals surface area contributed by atoms with Gasteiger partial charge in [-0.2, -0.15) is 0 Å². The molecule has 60 valence electrons. The van der Waals surface area contributed by atoms with Crippen LogP contribution in [0.15, 0.2) is 17.3 Å². The summed E-state index contributed by atoms with van der Waals surface area (Å²) in [6, 6.07) is 0. The minimum absolute atomic E-state index is 0.736. The van der Waals surface area contributed by atoms with Crippen molar-refractivity contribution in [2.75, 3.05) is 0 Å². The summed E-state index contributed by atoms with van der Waals surface area (Å²) >= 11 is 0. The summed E-state index contributed by atoms with van der Waals surface area (Å²) in [6.07, 6.45) is -3.14. The molecule has 0 aromatic carbocycles. The number of rotatable bonds is 2. The van der Waals surface area contributed by atoms with Crippen LogP contribution in [0.4, 0.5) is 17.6 Å². The highest BCUT2D eigenvalue weighted by atomic mass is 19.3. The van der Waals surface area contributed by atoms with Gasteiger partial charge in [0, 0.05) is 5.57 Å². The molecule has 0 aromatic heterocycles. The van der Waals surface area contributed by atoms with Gasteiger partial charge < -0.3 is 0 Å². The zero-order valence-corrected chi connectivity index (χ0v) is 5.19. The van der Waals surface area contributed by atoms with E-state index in [2.05, 4.69) is 5.32 Å². The number of hydrogen-bond acceptors (Lipinski definition) is 0. The Morgan fingerprint density at radius 1 is 1.18 bits per heavy atom. The van der Waals surface area contributed by atoms with Gasteiger partial charge in [-0.1, -0.05) is 0 Å². The second kappa shape index (κ2) is 2.94. The van der Waals surface area contributed by atoms with E-state index in [4.69, 9.17) is 0 Å². The van der Waals surface area contributed by atoms with E-state index in [0.29, 0.717) is 0 Å². The normalized spacial score (nSPS) is 16.9. The van der Waals surface area contributed by atoms with Gasteiger partial charge in [0.15, 0.2) is 0 Å². The molecule has 0 unspecified atom stereocenters. The Morgan fingerprint density at radius 3 is 2.18 bits per heavy atom. The monoisotopic (exact) mass is 165 g/mol. The number of halogens is 4. The average molecular weight is 165 g/mol. The molecule has 0 saturated carbocycles. The summed E-state index contributed by atoms with van der Waals surface area (Å²) in [4.78, 5) is 0. The third-order valence-electron chi connectivity index (χ3n) is 1.14. The predicted molar refractivity (Wildman–Crippen MR) is 29.0 cm³/mol. The summed E-state index contributed by atoms with van der Waals surface area (Å²) in [5.41, 5.74) is -1.61. The van der Waals surface area contributed by atoms with Gasteiger partial charge in [-0.15, -0.1) is 0 Å². The minimum atomic E-state index is -2.95. The maximum atomic E-state index is 11.8. The summed E-state index contributed by atoms with van der Waals surface area (Å²) in [6.45, 7) is 0. The fraction of sp³-hybridized carbons (Fsp3) is 0.333. The van der Waals surface area contributed by atoms with E-state index in [0.717, 1.165) is 6.08 Å². The molecule has 2 radical (unpaired) electrons. The van der Waals surface area contributed by atoms with Crippen molar-refractivity contribution in [1.82, 2.24) is 5.32 Å². The van der Waals surface area contributed by atoms with Crippen LogP contribution in [0, 0.1) is 6.20 Å². The molecule has 0 aliphatic carbocycles. The van der Waals surface area contributed by atoms with Crippen LogP contribution >= 0.6 is 0 Å². The molecule has 0 amide bonds. The molecular weight excluding hydrogens is 162 g/mol. The van der Waals surface area contributed by atoms with Gasteiger partial charge >= 0.3 is 0 Å². The van der Waals surface area contributed by atoms with Gasteiger partial charge in [-0.05, 0) is 6.08 Å². The predicted octanol–water partition coefficient (Wildman–Crippen LogP) is 1.71. The number of alkyl halides is 4. The number of allylic oxidation sites excluding steroid dienone is 3. The highest BCUT2D eigenvalue weighted by molar-refractivity contribution is 5.32. The van der Waals surface area contributed by atoms with E-state index in [-0.39, 0.29) is 0 Å². The van der Waals surface area contributed by atoms with Crippen LogP contribution in [0.2, 0.25) is 0 Å². The van der Waals surface area contributed by atoms with E-state index in [9.17, 15) is 17.6 Å². The van der Waals surface area contributed by atoms with Crippen LogP contribution < -0.4 is 5.32 Å². The van der Waals surface area contributed by atoms with E-state index >= 15 is 0 Å². The number of hydrogen-bond donors (Lipinski definition) is 0. The summed E-state index contributed by atoms with van der Waals surface area (Å²) < 4.78 is 47.3. The average Bonchev–Trinajstić information content (AvgIpc) is 2.32. The summed E-state index contributed by atoms with van der Waals surface area (Å²) in [7, 11) is 0. The van der Waals surface area contributed by atoms with Gasteiger partial charge in [-0.25, -0.2) is 22.9 Å². The first-order valence-electron chi connectivity index (χ1n) is 2.72. The third-order valence-corrected chi connectivity index (χ3v) is 1.14. The molecule has 0 saturated heterocycles. The quantitative estimate of drug-likeness (QED) is 0.553. The van der Waals surface area contributed by atoms with E-state index in [1.807, 2.05) is 6.20 Å². The van der Waals surface area contributed by atoms with Crippen LogP contribution in [0.1, 0.15) is 0 Å². The molecule has 5 heteroatoms. The fourth-order valence-electron chi connectivity index (χ4n) is 0.659. The van der Waals surface area contributed by atoms with Crippen LogP contribution in [0.25, 0.3) is 0 Å². The molecule has 11 heavy (non-hydrogen) atoms. The van der Waals surface area contributed by atoms with Gasteiger partial charge in [0.25, 0.3) is 12.9 Å². The summed E-state index contributed by atoms with van der Waals surface area (Å²) in [5, 5.41) is 2.98. The van der Waals surface area contributed by atoms with Gasteiger partial charge in [0.1, 0.15) is 5.70 Å². The van der Waals surface area contributed by atoms with Crippen molar-refractivity contribution in [3.8, 4) is 0 Å². The Labute approximate surface area is 60.4 Å². The van der Waals surface area contributed by atoms with Gasteiger partial charge in [0.05, 0.1) is 6.20 Å². The highest BCUT2D eigenvalue weighted by Gasteiger charge is 2.25. The lowest BCUT2D eigenvalue weighted by molar-refractivity contribution is 0.163. The van der Waals surface area contributed by atoms with Gasteiger partial charge in [0.2, 0.25) is 0 Å². The van der Waals surface area contributed by atoms with E-state index < -0.39 is 24.1 Å². The van der Waals surface area contributed by atoms with Crippen molar-refractivity contribution in [3.05, 3.63) is 23.5 Å². The molecule has 0 atom stereocenters. The molecule has 1 rings (SSSR count). The lowest BCUT2D eigenvalue weighted by atomic mass is 10.2. The molecule has 1 aliphatic rings. The second-order valence-corrected chi connectivity index (χ2v) is 1.83. The summed E-state index contributed by atoms with van der Waals surface area (Å²) in [5.74, 6) is 0. The van der Waals surface area contributed by atoms with E-state index in [1.54, 1.807) is 0 Å². The lowest BCUT2D eigenvalue weighted by Crippen LogP contribution is -2.08. The Kier molecular flexibility index (Phi) is 2.16. The molecule has 1 nitrogen and oxygen atoms in total. The topological polar surface area (TPSA) is 14.1 Å². The minimum Gasteiger partial charge on any atom is -0.245 e. The standard InChI is InChI=1S/C6H3F4N/c7-5(8)3-1-2-11-4(3)6(9)10/h1,5-6H. The highest BCUT2D eigenvalue weighted by Crippen LogP contribution is 2.23. The van der Waals surface area contributed by atoms with Crippen molar-refractivity contribution in [3.63, 3.8) is 0 Å². The zero-order valence-electron chi connectivity index (χ0n) is 5.19. The maximum Gasteiger partial charge on any atom is 0.280 e. The Balaban J connectivity index is 2.84. The Hall–Kier alpha value is -1.00. The second-order valence-electron chi connectivity index (χ2n) is 1.83. The van der Waals surface area contributed by atoms with Crippen LogP contribution in [-0.2, 0) is 0 Å². The fourth-order valence-corrected chi connectivity index (χ4v) is 0.659. The molecule has 0 aromatic rings. The van der Waals surface area contributed by atoms with E-state index in [1.165, 1.54) is 0 Å². The van der Waals surface area contributed by atoms with Crippen molar-refractivity contribution < 1.29 is 17.6 Å².